The van der Waals surface area contributed by atoms with Crippen LogP contribution in [0.1, 0.15) is 131 Å². The van der Waals surface area contributed by atoms with Gasteiger partial charge in [0.25, 0.3) is 0 Å². The van der Waals surface area contributed by atoms with Gasteiger partial charge in [-0.05, 0) is 196 Å². The number of nitrogens with one attached hydrogen (secondary N) is 6. The first-order valence-corrected chi connectivity index (χ1v) is 53.1. The van der Waals surface area contributed by atoms with Gasteiger partial charge in [0.05, 0.1) is 91.7 Å². The minimum absolute atomic E-state index is 0.0168. The number of primary sulfonamides is 1. The monoisotopic (exact) mass is 2080 g/mol. The van der Waals surface area contributed by atoms with E-state index in [1.54, 1.807) is 103 Å². The van der Waals surface area contributed by atoms with Crippen molar-refractivity contribution in [1.29, 1.82) is 0 Å². The molecule has 780 valence electrons. The number of imidazole rings is 3. The van der Waals surface area contributed by atoms with Gasteiger partial charge in [-0.25, -0.2) is 81.1 Å². The molecule has 3 amide bonds. The van der Waals surface area contributed by atoms with Gasteiger partial charge in [0.1, 0.15) is 41.2 Å². The van der Waals surface area contributed by atoms with Gasteiger partial charge in [-0.3, -0.25) is 44.9 Å². The Hall–Kier alpha value is -12.8. The van der Waals surface area contributed by atoms with Crippen LogP contribution in [0.2, 0.25) is 0 Å². The second-order valence-corrected chi connectivity index (χ2v) is 44.6. The van der Waals surface area contributed by atoms with Crippen molar-refractivity contribution in [3.8, 4) is 0 Å². The first-order valence-electron chi connectivity index (χ1n) is 48.6. The number of aryl methyl sites for hydroxylation is 3. The molecule has 6 saturated heterocycles. The number of benzene rings is 9. The average molecular weight is 2080 g/mol. The van der Waals surface area contributed by atoms with Crippen molar-refractivity contribution >= 4 is 89.0 Å². The molecular formula is C107H124F6N18O13S3. The predicted octanol–water partition coefficient (Wildman–Crippen LogP) is 14.0. The molecule has 18 rings (SSSR count). The Labute approximate surface area is 853 Å². The Balaban J connectivity index is 0.000000155. The molecule has 6 fully saturated rings. The Bertz CT molecular complexity index is 7070. The Morgan fingerprint density at radius 2 is 0.748 bits per heavy atom. The van der Waals surface area contributed by atoms with Gasteiger partial charge in [-0.2, -0.15) is 0 Å². The van der Waals surface area contributed by atoms with Gasteiger partial charge in [0.2, 0.25) is 65.6 Å². The molecule has 8 N–H and O–H groups in total. The average Bonchev–Trinajstić information content (AvgIpc) is 1.63. The number of carbonyl (C=O) groups excluding carboxylic acids is 4. The largest absolute Gasteiger partial charge is 0.378 e. The summed E-state index contributed by atoms with van der Waals surface area (Å²) in [5, 5.41) is 17.4. The van der Waals surface area contributed by atoms with Gasteiger partial charge >= 0.3 is 0 Å². The van der Waals surface area contributed by atoms with Crippen LogP contribution in [0.5, 0.6) is 0 Å². The maximum atomic E-state index is 15.2. The molecule has 6 atom stereocenters. The zero-order chi connectivity index (χ0) is 105. The summed E-state index contributed by atoms with van der Waals surface area (Å²) in [5.74, 6) is -7.32. The zero-order valence-electron chi connectivity index (χ0n) is 83.4. The Morgan fingerprint density at radius 3 is 1.10 bits per heavy atom. The van der Waals surface area contributed by atoms with Crippen molar-refractivity contribution in [3.63, 3.8) is 0 Å². The molecule has 0 unspecified atom stereocenters. The van der Waals surface area contributed by atoms with Crippen LogP contribution in [-0.2, 0) is 91.4 Å². The number of nitrogens with zero attached hydrogens (tertiary/aromatic N) is 11. The highest BCUT2D eigenvalue weighted by atomic mass is 32.2. The summed E-state index contributed by atoms with van der Waals surface area (Å²) in [6.07, 6.45) is 11.0. The number of nitrogens with two attached hydrogens (primary N) is 1. The molecule has 6 aliphatic rings. The Morgan fingerprint density at radius 1 is 0.408 bits per heavy atom. The summed E-state index contributed by atoms with van der Waals surface area (Å²) in [4.78, 5) is 76.1. The second-order valence-electron chi connectivity index (χ2n) is 39.7. The third-order valence-electron chi connectivity index (χ3n) is 26.2. The van der Waals surface area contributed by atoms with E-state index in [-0.39, 0.29) is 62.5 Å². The number of morpholine rings is 3. The lowest BCUT2D eigenvalue weighted by Gasteiger charge is -2.31. The molecule has 0 aliphatic carbocycles. The molecule has 0 bridgehead atoms. The first-order chi connectivity index (χ1) is 70.0. The zero-order valence-corrected chi connectivity index (χ0v) is 85.8. The molecule has 0 radical (unpaired) electrons. The van der Waals surface area contributed by atoms with Crippen LogP contribution in [0.4, 0.5) is 61.2 Å². The highest BCUT2D eigenvalue weighted by Gasteiger charge is 2.44. The number of anilines is 6. The van der Waals surface area contributed by atoms with Crippen LogP contribution in [0.3, 0.4) is 0 Å². The fourth-order valence-corrected chi connectivity index (χ4v) is 22.8. The number of sulfonamides is 3. The molecule has 40 heteroatoms. The summed E-state index contributed by atoms with van der Waals surface area (Å²) in [7, 11) is -11.2. The van der Waals surface area contributed by atoms with Gasteiger partial charge in [-0.15, -0.1) is 0 Å². The molecule has 0 spiro atoms. The number of halogens is 6. The van der Waals surface area contributed by atoms with E-state index in [9.17, 15) is 62.0 Å². The molecule has 9 aromatic carbocycles. The van der Waals surface area contributed by atoms with E-state index in [4.69, 9.17) is 19.3 Å². The predicted molar refractivity (Wildman–Crippen MR) is 550 cm³/mol. The number of hydrogen-bond donors (Lipinski definition) is 7. The van der Waals surface area contributed by atoms with Gasteiger partial charge in [0, 0.05) is 198 Å². The van der Waals surface area contributed by atoms with Crippen LogP contribution >= 0.6 is 0 Å². The van der Waals surface area contributed by atoms with Crippen molar-refractivity contribution in [2.75, 3.05) is 149 Å². The first kappa shape index (κ1) is 108. The topological polar surface area (TPSA) is 366 Å². The van der Waals surface area contributed by atoms with Crippen molar-refractivity contribution in [2.24, 2.45) is 22.9 Å². The second kappa shape index (κ2) is 47.6. The number of ether oxygens (including phenoxy) is 3. The number of rotatable bonds is 28. The number of likely N-dealkylation sites (tertiary alicyclic amines) is 2. The minimum atomic E-state index is -3.90. The summed E-state index contributed by atoms with van der Waals surface area (Å²) < 4.78 is 187. The quantitative estimate of drug-likeness (QED) is 0.0177. The SMILES string of the molecule is CC(C)(C)NS(=O)(=O)c1cccc(C=O)c1.Cc1ccc(Cn2ccnc2NC(=O)[C@@H]2CN(Cc3cccc(S(=O)(=O)NC(C)(C)C)c3)C[C@H]2c2ccc(F)cc2F)c(N2CCOCC2)c1.Cc1ccc(Cn2ccnc2NC(=O)[C@@H]2CN(Cc3cccc(S(N)(=O)=O)c3)C[C@H]2c2ccc(F)cc2F)c(N2CCOCC2)c1.Cc1ccc(Cn2ccnc2NC(=O)[C@@H]2CNC[C@H]2c2ccc(F)cc2F)c(N2CCOCC2)c1. The maximum Gasteiger partial charge on any atom is 0.241 e. The van der Waals surface area contributed by atoms with Crippen molar-refractivity contribution < 1.29 is 85.0 Å². The van der Waals surface area contributed by atoms with Gasteiger partial charge in [0.15, 0.2) is 0 Å². The molecular weight excluding hydrogens is 1960 g/mol. The number of aldehydes is 1. The molecule has 3 aromatic heterocycles. The molecule has 0 saturated carbocycles. The lowest BCUT2D eigenvalue weighted by atomic mass is 9.88. The van der Waals surface area contributed by atoms with Gasteiger partial charge < -0.3 is 47.9 Å². The fraction of sp³-hybridized carbons (Fsp3) is 0.374. The van der Waals surface area contributed by atoms with Crippen molar-refractivity contribution in [2.45, 2.75) is 139 Å². The van der Waals surface area contributed by atoms with E-state index in [1.165, 1.54) is 72.3 Å². The normalized spacial score (nSPS) is 18.5. The van der Waals surface area contributed by atoms with Crippen molar-refractivity contribution in [1.82, 2.24) is 53.2 Å². The van der Waals surface area contributed by atoms with Crippen LogP contribution in [0.15, 0.2) is 234 Å². The fourth-order valence-electron chi connectivity index (χ4n) is 19.3. The summed E-state index contributed by atoms with van der Waals surface area (Å²) in [5.41, 5.74) is 11.5. The third-order valence-corrected chi connectivity index (χ3v) is 30.6. The van der Waals surface area contributed by atoms with Crippen LogP contribution in [0, 0.1) is 73.4 Å². The highest BCUT2D eigenvalue weighted by Crippen LogP contribution is 2.41. The maximum absolute atomic E-state index is 15.2. The van der Waals surface area contributed by atoms with E-state index in [2.05, 4.69) is 136 Å². The minimum Gasteiger partial charge on any atom is -0.378 e. The van der Waals surface area contributed by atoms with Crippen LogP contribution in [0.25, 0.3) is 0 Å². The molecule has 12 aromatic rings. The molecule has 9 heterocycles. The summed E-state index contributed by atoms with van der Waals surface area (Å²) in [6, 6.07) is 48.2. The number of aromatic nitrogens is 6. The standard InChI is InChI=1S/C37H44F2N6O4S.C33H36F2N6O4S.C26H29F2N5O2.C11H15NO3S/c1-25-8-9-27(34(18-25)44-14-16-49-17-15-44)22-45-13-12-40-36(45)41-35(46)32-24-43(23-31(32)30-11-10-28(38)20-33(30)39)21-26-6-5-7-29(19-26)50(47,48)42-37(2,3)4;1-22-5-6-24(31(15-22)40-11-13-45-14-12-40)19-41-10-9-37-33(41)38-32(42)29-21-39(18-23-3-2-4-26(16-23)46(36,43)44)20-28(29)27-8-7-25(34)17-30(27)35;1-17-2-3-18(24(12-17)32-8-10-35-11-9-32)16-33-7-6-30-26(33)31-25(34)22-15-29-14-21(22)20-5-4-19(27)13-23(20)28;1-11(2,3)12-16(14,15)10-6-4-5-9(7-10)8-13/h5-13,18-20,31-32,42H,14-17,21-24H2,1-4H3,(H,40,41,46);2-10,15-17,28-29H,11-14,18-21H2,1H3,(H2,36,43,44)(H,37,38,42);2-7,12-13,21-22,29H,8-11,14-16H2,1H3,(H,30,31,34);4-8,12H,1-3H3/t31-,32+;28-,29+;21-,22+;/m000./s1. The smallest absolute Gasteiger partial charge is 0.241 e. The third kappa shape index (κ3) is 28.6. The van der Waals surface area contributed by atoms with E-state index < -0.39 is 106 Å². The van der Waals surface area contributed by atoms with E-state index in [1.807, 2.05) is 42.0 Å². The van der Waals surface area contributed by atoms with Crippen LogP contribution < -0.4 is 50.6 Å². The number of carbonyl (C=O) groups is 4. The molecule has 147 heavy (non-hydrogen) atoms. The summed E-state index contributed by atoms with van der Waals surface area (Å²) in [6.45, 7) is 29.7. The van der Waals surface area contributed by atoms with E-state index in [0.29, 0.717) is 139 Å². The summed E-state index contributed by atoms with van der Waals surface area (Å²) >= 11 is 0. The lowest BCUT2D eigenvalue weighted by Crippen LogP contribution is -2.40. The van der Waals surface area contributed by atoms with Crippen LogP contribution in [-0.4, -0.2) is 217 Å². The molecule has 31 nitrogen and oxygen atoms in total. The Kier molecular flexibility index (Phi) is 35.1. The van der Waals surface area contributed by atoms with E-state index >= 15 is 8.78 Å². The van der Waals surface area contributed by atoms with E-state index in [0.717, 1.165) is 108 Å². The number of hydrogen-bond acceptors (Lipinski definition) is 22. The highest BCUT2D eigenvalue weighted by molar-refractivity contribution is 7.90. The molecule has 6 aliphatic heterocycles. The lowest BCUT2D eigenvalue weighted by molar-refractivity contribution is -0.120. The van der Waals surface area contributed by atoms with Crippen molar-refractivity contribution in [3.05, 3.63) is 321 Å². The van der Waals surface area contributed by atoms with Gasteiger partial charge in [-0.1, -0.05) is 91.0 Å². The number of amides is 3.